The molecule has 8 nitrogen and oxygen atoms in total. The Kier molecular flexibility index (Phi) is 6.96. The first-order chi connectivity index (χ1) is 14.3. The van der Waals surface area contributed by atoms with Crippen molar-refractivity contribution < 1.29 is 14.5 Å². The van der Waals surface area contributed by atoms with Gasteiger partial charge in [0.05, 0.1) is 26.3 Å². The second-order valence-corrected chi connectivity index (χ2v) is 8.17. The lowest BCUT2D eigenvalue weighted by atomic mass is 10.2. The number of benzene rings is 2. The van der Waals surface area contributed by atoms with Gasteiger partial charge in [-0.3, -0.25) is 24.6 Å². The summed E-state index contributed by atoms with van der Waals surface area (Å²) in [4.78, 5) is 41.4. The predicted molar refractivity (Wildman–Crippen MR) is 119 cm³/mol. The third-order valence-corrected chi connectivity index (χ3v) is 6.19. The molecule has 0 aromatic heterocycles. The molecule has 1 N–H and O–H groups in total. The summed E-state index contributed by atoms with van der Waals surface area (Å²) in [6, 6.07) is 10.7. The van der Waals surface area contributed by atoms with Crippen molar-refractivity contribution in [3.05, 3.63) is 62.6 Å². The third-order valence-electron chi connectivity index (χ3n) is 4.20. The number of amides is 2. The van der Waals surface area contributed by atoms with Crippen molar-refractivity contribution in [2.45, 2.75) is 18.6 Å². The van der Waals surface area contributed by atoms with Gasteiger partial charge in [0.1, 0.15) is 5.25 Å². The molecule has 1 aliphatic heterocycles. The third kappa shape index (κ3) is 4.92. The number of carbonyl (C=O) groups excluding carboxylic acids is 2. The average molecular weight is 467 g/mol. The fraction of sp³-hybridized carbons (Fsp3) is 0.211. The Bertz CT molecular complexity index is 1050. The van der Waals surface area contributed by atoms with Crippen molar-refractivity contribution in [1.82, 2.24) is 4.90 Å². The first-order valence-electron chi connectivity index (χ1n) is 8.85. The van der Waals surface area contributed by atoms with Crippen LogP contribution in [0.5, 0.6) is 0 Å². The molecule has 30 heavy (non-hydrogen) atoms. The minimum absolute atomic E-state index is 0.0865. The summed E-state index contributed by atoms with van der Waals surface area (Å²) in [7, 11) is 0. The van der Waals surface area contributed by atoms with E-state index in [4.69, 9.17) is 23.2 Å². The molecule has 156 valence electrons. The Morgan fingerprint density at radius 1 is 1.30 bits per heavy atom. The van der Waals surface area contributed by atoms with Crippen LogP contribution in [0.15, 0.2) is 47.5 Å². The number of aliphatic imine (C=N–C) groups is 1. The molecule has 2 aromatic carbocycles. The van der Waals surface area contributed by atoms with Gasteiger partial charge in [-0.05, 0) is 25.1 Å². The topological polar surface area (TPSA) is 105 Å². The van der Waals surface area contributed by atoms with Crippen LogP contribution >= 0.6 is 35.0 Å². The number of nitrogens with one attached hydrogen (secondary N) is 1. The second kappa shape index (κ2) is 9.46. The van der Waals surface area contributed by atoms with E-state index in [2.05, 4.69) is 10.3 Å². The number of halogens is 2. The highest BCUT2D eigenvalue weighted by molar-refractivity contribution is 8.15. The van der Waals surface area contributed by atoms with Crippen LogP contribution < -0.4 is 5.32 Å². The molecule has 2 aromatic rings. The van der Waals surface area contributed by atoms with Crippen LogP contribution in [0.1, 0.15) is 13.3 Å². The van der Waals surface area contributed by atoms with E-state index in [1.54, 1.807) is 31.2 Å². The van der Waals surface area contributed by atoms with Crippen LogP contribution in [0, 0.1) is 10.1 Å². The molecule has 0 aliphatic carbocycles. The van der Waals surface area contributed by atoms with Crippen LogP contribution in [0.3, 0.4) is 0 Å². The number of anilines is 1. The highest BCUT2D eigenvalue weighted by Crippen LogP contribution is 2.33. The van der Waals surface area contributed by atoms with Crippen LogP contribution in [-0.4, -0.2) is 38.6 Å². The Morgan fingerprint density at radius 3 is 2.73 bits per heavy atom. The largest absolute Gasteiger partial charge is 0.325 e. The molecule has 1 aliphatic rings. The maximum Gasteiger partial charge on any atom is 0.271 e. The van der Waals surface area contributed by atoms with Crippen molar-refractivity contribution in [3.8, 4) is 0 Å². The van der Waals surface area contributed by atoms with Gasteiger partial charge in [0.25, 0.3) is 5.69 Å². The quantitative estimate of drug-likeness (QED) is 0.482. The molecule has 2 amide bonds. The van der Waals surface area contributed by atoms with E-state index in [-0.39, 0.29) is 23.0 Å². The number of non-ortho nitro benzene ring substituents is 1. The molecule has 3 rings (SSSR count). The molecule has 0 bridgehead atoms. The van der Waals surface area contributed by atoms with Gasteiger partial charge in [0, 0.05) is 25.1 Å². The lowest BCUT2D eigenvalue weighted by molar-refractivity contribution is -0.384. The van der Waals surface area contributed by atoms with E-state index in [1.807, 2.05) is 0 Å². The molecule has 1 atom stereocenters. The molecular formula is C19H16Cl2N4O4S. The van der Waals surface area contributed by atoms with Crippen molar-refractivity contribution in [2.24, 2.45) is 4.99 Å². The van der Waals surface area contributed by atoms with Gasteiger partial charge >= 0.3 is 0 Å². The van der Waals surface area contributed by atoms with Gasteiger partial charge in [-0.1, -0.05) is 47.1 Å². The molecule has 0 spiro atoms. The Balaban J connectivity index is 1.75. The van der Waals surface area contributed by atoms with Gasteiger partial charge in [-0.25, -0.2) is 4.99 Å². The normalized spacial score (nSPS) is 17.4. The molecule has 11 heteroatoms. The number of rotatable bonds is 6. The molecular weight excluding hydrogens is 451 g/mol. The van der Waals surface area contributed by atoms with E-state index in [1.165, 1.54) is 23.1 Å². The average Bonchev–Trinajstić information content (AvgIpc) is 2.99. The summed E-state index contributed by atoms with van der Waals surface area (Å²) in [6.45, 7) is 2.15. The predicted octanol–water partition coefficient (Wildman–Crippen LogP) is 4.88. The number of nitro groups is 1. The van der Waals surface area contributed by atoms with Gasteiger partial charge in [0.2, 0.25) is 11.8 Å². The molecule has 1 saturated heterocycles. The monoisotopic (exact) mass is 466 g/mol. The van der Waals surface area contributed by atoms with E-state index in [0.29, 0.717) is 28.1 Å². The number of hydrogen-bond acceptors (Lipinski definition) is 6. The van der Waals surface area contributed by atoms with Crippen LogP contribution in [0.25, 0.3) is 0 Å². The van der Waals surface area contributed by atoms with E-state index in [0.717, 1.165) is 11.8 Å². The van der Waals surface area contributed by atoms with Crippen LogP contribution in [0.4, 0.5) is 17.1 Å². The fourth-order valence-electron chi connectivity index (χ4n) is 2.77. The number of thioether (sulfide) groups is 1. The standard InChI is InChI=1S/C19H16Cl2N4O4S/c1-2-24-18(27)15(10-16(26)23-14-8-4-7-13(20)17(14)21)30-19(24)22-11-5-3-6-12(9-11)25(28)29/h3-9,15H,2,10H2,1H3,(H,23,26). The molecule has 0 saturated carbocycles. The summed E-state index contributed by atoms with van der Waals surface area (Å²) in [5.74, 6) is -0.642. The first-order valence-corrected chi connectivity index (χ1v) is 10.5. The fourth-order valence-corrected chi connectivity index (χ4v) is 4.34. The second-order valence-electron chi connectivity index (χ2n) is 6.21. The molecule has 1 heterocycles. The number of amidine groups is 1. The van der Waals surface area contributed by atoms with Gasteiger partial charge in [0.15, 0.2) is 5.17 Å². The highest BCUT2D eigenvalue weighted by Gasteiger charge is 2.38. The highest BCUT2D eigenvalue weighted by atomic mass is 35.5. The van der Waals surface area contributed by atoms with Crippen molar-refractivity contribution in [3.63, 3.8) is 0 Å². The lowest BCUT2D eigenvalue weighted by Gasteiger charge is -2.13. The Morgan fingerprint density at radius 2 is 2.03 bits per heavy atom. The minimum Gasteiger partial charge on any atom is -0.325 e. The van der Waals surface area contributed by atoms with Crippen molar-refractivity contribution in [2.75, 3.05) is 11.9 Å². The SMILES string of the molecule is CCN1C(=O)C(CC(=O)Nc2cccc(Cl)c2Cl)SC1=Nc1cccc([N+](=O)[O-])c1. The Hall–Kier alpha value is -2.62. The molecule has 1 fully saturated rings. The van der Waals surface area contributed by atoms with Crippen molar-refractivity contribution >= 4 is 69.0 Å². The number of nitro benzene ring substituents is 1. The number of carbonyl (C=O) groups is 2. The summed E-state index contributed by atoms with van der Waals surface area (Å²) in [5, 5.41) is 13.9. The summed E-state index contributed by atoms with van der Waals surface area (Å²) < 4.78 is 0. The summed E-state index contributed by atoms with van der Waals surface area (Å²) >= 11 is 13.2. The maximum absolute atomic E-state index is 12.7. The van der Waals surface area contributed by atoms with E-state index < -0.39 is 16.1 Å². The lowest BCUT2D eigenvalue weighted by Crippen LogP contribution is -2.33. The number of nitrogens with zero attached hydrogens (tertiary/aromatic N) is 3. The van der Waals surface area contributed by atoms with Crippen LogP contribution in [-0.2, 0) is 9.59 Å². The van der Waals surface area contributed by atoms with Crippen molar-refractivity contribution in [1.29, 1.82) is 0 Å². The first kappa shape index (κ1) is 22.1. The molecule has 1 unspecified atom stereocenters. The van der Waals surface area contributed by atoms with E-state index >= 15 is 0 Å². The smallest absolute Gasteiger partial charge is 0.271 e. The Labute approximate surface area is 186 Å². The zero-order chi connectivity index (χ0) is 21.8. The van der Waals surface area contributed by atoms with E-state index in [9.17, 15) is 19.7 Å². The summed E-state index contributed by atoms with van der Waals surface area (Å²) in [6.07, 6.45) is -0.0865. The summed E-state index contributed by atoms with van der Waals surface area (Å²) in [5.41, 5.74) is 0.625. The minimum atomic E-state index is -0.666. The zero-order valence-corrected chi connectivity index (χ0v) is 18.0. The van der Waals surface area contributed by atoms with Gasteiger partial charge < -0.3 is 5.32 Å². The maximum atomic E-state index is 12.7. The number of hydrogen-bond donors (Lipinski definition) is 1. The van der Waals surface area contributed by atoms with Gasteiger partial charge in [-0.15, -0.1) is 0 Å². The zero-order valence-electron chi connectivity index (χ0n) is 15.7. The van der Waals surface area contributed by atoms with Gasteiger partial charge in [-0.2, -0.15) is 0 Å². The van der Waals surface area contributed by atoms with Crippen LogP contribution in [0.2, 0.25) is 10.0 Å². The molecule has 0 radical (unpaired) electrons.